The lowest BCUT2D eigenvalue weighted by Gasteiger charge is -2.13. The summed E-state index contributed by atoms with van der Waals surface area (Å²) in [5.41, 5.74) is 1.90. The predicted molar refractivity (Wildman–Crippen MR) is 129 cm³/mol. The molecule has 6 nitrogen and oxygen atoms in total. The lowest BCUT2D eigenvalue weighted by molar-refractivity contribution is 0.627. The molecule has 5 aromatic rings. The van der Waals surface area contributed by atoms with Crippen molar-refractivity contribution in [3.63, 3.8) is 0 Å². The molecular weight excluding hydrogens is 459 g/mol. The fourth-order valence-electron chi connectivity index (χ4n) is 4.28. The van der Waals surface area contributed by atoms with Gasteiger partial charge in [-0.1, -0.05) is 23.9 Å². The normalized spacial score (nSPS) is 13.1. The van der Waals surface area contributed by atoms with Gasteiger partial charge < -0.3 is 4.98 Å². The second kappa shape index (κ2) is 7.93. The summed E-state index contributed by atoms with van der Waals surface area (Å²) in [6.45, 7) is 0. The summed E-state index contributed by atoms with van der Waals surface area (Å²) in [5, 5.41) is 1.64. The molecule has 0 atom stereocenters. The monoisotopic (exact) mass is 476 g/mol. The molecule has 0 bridgehead atoms. The Morgan fingerprint density at radius 1 is 1.06 bits per heavy atom. The Labute approximate surface area is 195 Å². The molecule has 6 rings (SSSR count). The first kappa shape index (κ1) is 20.3. The number of halogens is 1. The minimum absolute atomic E-state index is 0.114. The van der Waals surface area contributed by atoms with E-state index in [-0.39, 0.29) is 16.9 Å². The lowest BCUT2D eigenvalue weighted by atomic mass is 10.2. The highest BCUT2D eigenvalue weighted by Gasteiger charge is 2.21. The van der Waals surface area contributed by atoms with E-state index in [1.54, 1.807) is 41.7 Å². The fraction of sp³-hybridized carbons (Fsp3) is 0.167. The van der Waals surface area contributed by atoms with Crippen molar-refractivity contribution in [1.82, 2.24) is 19.5 Å². The molecule has 0 fully saturated rings. The molecule has 0 radical (unpaired) electrons. The number of para-hydroxylation sites is 1. The van der Waals surface area contributed by atoms with Crippen LogP contribution in [-0.2, 0) is 18.6 Å². The van der Waals surface area contributed by atoms with Crippen LogP contribution in [0.15, 0.2) is 63.3 Å². The van der Waals surface area contributed by atoms with E-state index in [1.165, 1.54) is 33.3 Å². The summed E-state index contributed by atoms with van der Waals surface area (Å²) in [6.07, 6.45) is 3.02. The Morgan fingerprint density at radius 2 is 1.88 bits per heavy atom. The Morgan fingerprint density at radius 3 is 2.73 bits per heavy atom. The largest absolute Gasteiger partial charge is 0.309 e. The number of thiophene rings is 1. The third-order valence-corrected chi connectivity index (χ3v) is 7.93. The van der Waals surface area contributed by atoms with Crippen LogP contribution in [-0.4, -0.2) is 19.5 Å². The first-order valence-corrected chi connectivity index (χ1v) is 12.3. The van der Waals surface area contributed by atoms with Crippen LogP contribution in [0.4, 0.5) is 4.39 Å². The van der Waals surface area contributed by atoms with Crippen LogP contribution in [0.3, 0.4) is 0 Å². The summed E-state index contributed by atoms with van der Waals surface area (Å²) in [5.74, 6) is 0.484. The van der Waals surface area contributed by atoms with Gasteiger partial charge in [0.1, 0.15) is 16.5 Å². The maximum absolute atomic E-state index is 13.5. The first-order valence-electron chi connectivity index (χ1n) is 10.5. The molecule has 9 heteroatoms. The van der Waals surface area contributed by atoms with Gasteiger partial charge in [0, 0.05) is 4.88 Å². The number of rotatable bonds is 4. The van der Waals surface area contributed by atoms with Crippen LogP contribution in [0.2, 0.25) is 0 Å². The standard InChI is InChI=1S/C24H17FN4O2S2/c25-13-8-10-14(11-9-13)29-23(31)15-4-1-2-6-17(15)26-24(29)32-12-19-27-21(30)20-16-5-3-7-18(16)33-22(20)28-19/h1-2,4,6,8-11H,3,5,7,12H2,(H,27,28,30). The van der Waals surface area contributed by atoms with Gasteiger partial charge in [-0.3, -0.25) is 14.2 Å². The average Bonchev–Trinajstić information content (AvgIpc) is 3.40. The molecule has 0 spiro atoms. The molecule has 0 amide bonds. The first-order chi connectivity index (χ1) is 16.1. The summed E-state index contributed by atoms with van der Waals surface area (Å²) in [7, 11) is 0. The van der Waals surface area contributed by atoms with Gasteiger partial charge in [-0.15, -0.1) is 11.3 Å². The van der Waals surface area contributed by atoms with Gasteiger partial charge >= 0.3 is 0 Å². The van der Waals surface area contributed by atoms with E-state index in [9.17, 15) is 14.0 Å². The van der Waals surface area contributed by atoms with Gasteiger partial charge in [0.05, 0.1) is 27.7 Å². The van der Waals surface area contributed by atoms with Gasteiger partial charge in [0.2, 0.25) is 0 Å². The zero-order chi connectivity index (χ0) is 22.5. The molecule has 0 saturated heterocycles. The zero-order valence-corrected chi connectivity index (χ0v) is 18.9. The maximum Gasteiger partial charge on any atom is 0.266 e. The van der Waals surface area contributed by atoms with Gasteiger partial charge in [0.25, 0.3) is 11.1 Å². The van der Waals surface area contributed by atoms with E-state index in [4.69, 9.17) is 9.97 Å². The summed E-state index contributed by atoms with van der Waals surface area (Å²) in [6, 6.07) is 12.9. The summed E-state index contributed by atoms with van der Waals surface area (Å²) < 4.78 is 15.0. The highest BCUT2D eigenvalue weighted by molar-refractivity contribution is 7.98. The molecule has 0 unspecified atom stereocenters. The number of nitrogens with zero attached hydrogens (tertiary/aromatic N) is 3. The Kier molecular flexibility index (Phi) is 4.88. The molecule has 0 aliphatic heterocycles. The number of fused-ring (bicyclic) bond motifs is 4. The van der Waals surface area contributed by atoms with Crippen molar-refractivity contribution in [2.24, 2.45) is 0 Å². The van der Waals surface area contributed by atoms with E-state index in [0.717, 1.165) is 29.7 Å². The number of nitrogens with one attached hydrogen (secondary N) is 1. The molecule has 33 heavy (non-hydrogen) atoms. The molecule has 2 aromatic carbocycles. The Bertz CT molecular complexity index is 1650. The van der Waals surface area contributed by atoms with Crippen LogP contribution in [0.5, 0.6) is 0 Å². The van der Waals surface area contributed by atoms with Gasteiger partial charge in [-0.25, -0.2) is 14.4 Å². The minimum Gasteiger partial charge on any atom is -0.309 e. The highest BCUT2D eigenvalue weighted by atomic mass is 32.2. The van der Waals surface area contributed by atoms with Crippen molar-refractivity contribution in [2.75, 3.05) is 0 Å². The van der Waals surface area contributed by atoms with E-state index >= 15 is 0 Å². The number of benzene rings is 2. The van der Waals surface area contributed by atoms with Crippen molar-refractivity contribution < 1.29 is 4.39 Å². The third-order valence-electron chi connectivity index (χ3n) is 5.79. The molecule has 3 heterocycles. The summed E-state index contributed by atoms with van der Waals surface area (Å²) in [4.78, 5) is 40.4. The molecule has 0 saturated carbocycles. The quantitative estimate of drug-likeness (QED) is 0.303. The minimum atomic E-state index is -0.382. The number of hydrogen-bond acceptors (Lipinski definition) is 6. The molecule has 1 aliphatic carbocycles. The molecule has 1 aliphatic rings. The van der Waals surface area contributed by atoms with E-state index in [1.807, 2.05) is 6.07 Å². The van der Waals surface area contributed by atoms with Crippen molar-refractivity contribution in [3.8, 4) is 5.69 Å². The van der Waals surface area contributed by atoms with E-state index in [0.29, 0.717) is 38.7 Å². The highest BCUT2D eigenvalue weighted by Crippen LogP contribution is 2.35. The number of hydrogen-bond donors (Lipinski definition) is 1. The van der Waals surface area contributed by atoms with E-state index in [2.05, 4.69) is 4.98 Å². The van der Waals surface area contributed by atoms with Crippen LogP contribution < -0.4 is 11.1 Å². The van der Waals surface area contributed by atoms with Crippen molar-refractivity contribution in [1.29, 1.82) is 0 Å². The fourth-order valence-corrected chi connectivity index (χ4v) is 6.44. The van der Waals surface area contributed by atoms with Crippen molar-refractivity contribution >= 4 is 44.2 Å². The lowest BCUT2D eigenvalue weighted by Crippen LogP contribution is -2.22. The Hall–Kier alpha value is -3.30. The predicted octanol–water partition coefficient (Wildman–Crippen LogP) is 4.60. The number of aryl methyl sites for hydroxylation is 2. The van der Waals surface area contributed by atoms with Gasteiger partial charge in [-0.2, -0.15) is 0 Å². The van der Waals surface area contributed by atoms with Crippen molar-refractivity contribution in [3.05, 3.63) is 91.3 Å². The second-order valence-corrected chi connectivity index (χ2v) is 9.89. The molecule has 164 valence electrons. The van der Waals surface area contributed by atoms with Crippen LogP contribution >= 0.6 is 23.1 Å². The van der Waals surface area contributed by atoms with Gasteiger partial charge in [0.15, 0.2) is 5.16 Å². The molecule has 1 N–H and O–H groups in total. The number of thioether (sulfide) groups is 1. The topological polar surface area (TPSA) is 80.6 Å². The number of H-pyrrole nitrogens is 1. The van der Waals surface area contributed by atoms with Crippen LogP contribution in [0, 0.1) is 5.82 Å². The average molecular weight is 477 g/mol. The zero-order valence-electron chi connectivity index (χ0n) is 17.3. The van der Waals surface area contributed by atoms with Crippen LogP contribution in [0.1, 0.15) is 22.7 Å². The maximum atomic E-state index is 13.5. The van der Waals surface area contributed by atoms with Crippen LogP contribution in [0.25, 0.3) is 26.8 Å². The number of aromatic amines is 1. The third kappa shape index (κ3) is 3.48. The summed E-state index contributed by atoms with van der Waals surface area (Å²) >= 11 is 2.90. The molecule has 3 aromatic heterocycles. The SMILES string of the molecule is O=c1[nH]c(CSc2nc3ccccc3c(=O)n2-c2ccc(F)cc2)nc2sc3c(c12)CCC3. The number of aromatic nitrogens is 4. The van der Waals surface area contributed by atoms with E-state index < -0.39 is 0 Å². The smallest absolute Gasteiger partial charge is 0.266 e. The van der Waals surface area contributed by atoms with Gasteiger partial charge in [-0.05, 0) is 61.2 Å². The second-order valence-electron chi connectivity index (χ2n) is 7.87. The molecular formula is C24H17FN4O2S2. The van der Waals surface area contributed by atoms with Crippen molar-refractivity contribution in [2.45, 2.75) is 30.2 Å². The Balaban J connectivity index is 1.43.